The number of carbonyl (C=O) groups is 2. The summed E-state index contributed by atoms with van der Waals surface area (Å²) in [6, 6.07) is -0.557. The maximum Gasteiger partial charge on any atom is 0.408 e. The fourth-order valence-electron chi connectivity index (χ4n) is 1.85. The molecule has 1 fully saturated rings. The highest BCUT2D eigenvalue weighted by Gasteiger charge is 2.26. The van der Waals surface area contributed by atoms with Crippen LogP contribution >= 0.6 is 0 Å². The quantitative estimate of drug-likeness (QED) is 0.802. The van der Waals surface area contributed by atoms with Crippen LogP contribution < -0.4 is 5.32 Å². The molecule has 0 aromatic carbocycles. The fraction of sp³-hybridized carbons (Fsp3) is 0.846. The highest BCUT2D eigenvalue weighted by atomic mass is 16.6. The number of nitrogens with zero attached hydrogens (tertiary/aromatic N) is 2. The average molecular weight is 271 g/mol. The highest BCUT2D eigenvalue weighted by Crippen LogP contribution is 2.07. The largest absolute Gasteiger partial charge is 0.444 e. The van der Waals surface area contributed by atoms with Gasteiger partial charge in [-0.25, -0.2) is 4.79 Å². The van der Waals surface area contributed by atoms with E-state index in [0.717, 1.165) is 13.1 Å². The van der Waals surface area contributed by atoms with E-state index < -0.39 is 17.7 Å². The summed E-state index contributed by atoms with van der Waals surface area (Å²) in [6.45, 7) is 10.2. The molecule has 1 N–H and O–H groups in total. The fourth-order valence-corrected chi connectivity index (χ4v) is 1.85. The van der Waals surface area contributed by atoms with Crippen molar-refractivity contribution in [3.8, 4) is 0 Å². The zero-order valence-electron chi connectivity index (χ0n) is 12.5. The van der Waals surface area contributed by atoms with E-state index in [1.807, 2.05) is 7.05 Å². The molecule has 0 aliphatic carbocycles. The summed E-state index contributed by atoms with van der Waals surface area (Å²) >= 11 is 0. The first kappa shape index (κ1) is 15.8. The molecule has 0 radical (unpaired) electrons. The third-order valence-electron chi connectivity index (χ3n) is 2.92. The van der Waals surface area contributed by atoms with Gasteiger partial charge in [-0.1, -0.05) is 0 Å². The maximum absolute atomic E-state index is 12.1. The van der Waals surface area contributed by atoms with E-state index in [0.29, 0.717) is 13.1 Å². The van der Waals surface area contributed by atoms with Gasteiger partial charge >= 0.3 is 6.09 Å². The van der Waals surface area contributed by atoms with E-state index >= 15 is 0 Å². The van der Waals surface area contributed by atoms with Crippen LogP contribution in [0.5, 0.6) is 0 Å². The van der Waals surface area contributed by atoms with Gasteiger partial charge in [-0.3, -0.25) is 4.79 Å². The molecule has 1 aliphatic heterocycles. The minimum atomic E-state index is -0.557. The number of ether oxygens (including phenoxy) is 1. The molecule has 0 saturated carbocycles. The number of piperazine rings is 1. The highest BCUT2D eigenvalue weighted by molar-refractivity contribution is 5.85. The lowest BCUT2D eigenvalue weighted by Crippen LogP contribution is -2.53. The topological polar surface area (TPSA) is 61.9 Å². The summed E-state index contributed by atoms with van der Waals surface area (Å²) in [5.74, 6) is -0.0565. The van der Waals surface area contributed by atoms with Crippen LogP contribution in [0.2, 0.25) is 0 Å². The molecule has 1 heterocycles. The van der Waals surface area contributed by atoms with Gasteiger partial charge in [-0.2, -0.15) is 0 Å². The van der Waals surface area contributed by atoms with E-state index in [1.165, 1.54) is 0 Å². The van der Waals surface area contributed by atoms with Crippen molar-refractivity contribution < 1.29 is 14.3 Å². The van der Waals surface area contributed by atoms with E-state index in [2.05, 4.69) is 10.2 Å². The summed E-state index contributed by atoms with van der Waals surface area (Å²) in [5.41, 5.74) is -0.555. The zero-order chi connectivity index (χ0) is 14.6. The Balaban J connectivity index is 2.42. The third-order valence-corrected chi connectivity index (χ3v) is 2.92. The molecule has 19 heavy (non-hydrogen) atoms. The Hall–Kier alpha value is -1.30. The Kier molecular flexibility index (Phi) is 5.17. The van der Waals surface area contributed by atoms with Gasteiger partial charge in [-0.15, -0.1) is 0 Å². The number of hydrogen-bond donors (Lipinski definition) is 1. The molecule has 0 unspecified atom stereocenters. The molecule has 1 rings (SSSR count). The number of amides is 2. The first-order valence-electron chi connectivity index (χ1n) is 6.66. The van der Waals surface area contributed by atoms with Crippen LogP contribution in [0.3, 0.4) is 0 Å². The zero-order valence-corrected chi connectivity index (χ0v) is 12.5. The predicted molar refractivity (Wildman–Crippen MR) is 72.9 cm³/mol. The first-order chi connectivity index (χ1) is 8.69. The summed E-state index contributed by atoms with van der Waals surface area (Å²) in [4.78, 5) is 27.7. The number of rotatable bonds is 2. The van der Waals surface area contributed by atoms with Gasteiger partial charge in [0.1, 0.15) is 11.6 Å². The van der Waals surface area contributed by atoms with Gasteiger partial charge in [0.05, 0.1) is 0 Å². The summed E-state index contributed by atoms with van der Waals surface area (Å²) < 4.78 is 5.13. The van der Waals surface area contributed by atoms with Crippen LogP contribution in [0, 0.1) is 0 Å². The molecule has 1 aliphatic rings. The lowest BCUT2D eigenvalue weighted by Gasteiger charge is -2.34. The number of hydrogen-bond acceptors (Lipinski definition) is 4. The number of likely N-dealkylation sites (N-methyl/N-ethyl adjacent to an activating group) is 1. The molecular weight excluding hydrogens is 246 g/mol. The van der Waals surface area contributed by atoms with Crippen molar-refractivity contribution >= 4 is 12.0 Å². The lowest BCUT2D eigenvalue weighted by molar-refractivity contribution is -0.134. The van der Waals surface area contributed by atoms with Gasteiger partial charge in [0.25, 0.3) is 0 Å². The average Bonchev–Trinajstić information content (AvgIpc) is 2.26. The summed E-state index contributed by atoms with van der Waals surface area (Å²) in [6.07, 6.45) is -0.553. The molecule has 0 spiro atoms. The van der Waals surface area contributed by atoms with Crippen molar-refractivity contribution in [2.24, 2.45) is 0 Å². The van der Waals surface area contributed by atoms with E-state index in [4.69, 9.17) is 4.74 Å². The van der Waals surface area contributed by atoms with Crippen LogP contribution in [0.4, 0.5) is 4.79 Å². The number of alkyl carbamates (subject to hydrolysis) is 1. The summed E-state index contributed by atoms with van der Waals surface area (Å²) in [7, 11) is 2.03. The molecule has 1 atom stereocenters. The van der Waals surface area contributed by atoms with E-state index in [1.54, 1.807) is 32.6 Å². The minimum absolute atomic E-state index is 0.0565. The Labute approximate surface area is 115 Å². The van der Waals surface area contributed by atoms with Gasteiger partial charge < -0.3 is 19.9 Å². The third kappa shape index (κ3) is 5.46. The van der Waals surface area contributed by atoms with Gasteiger partial charge in [0.2, 0.25) is 5.91 Å². The van der Waals surface area contributed by atoms with Crippen LogP contribution in [-0.2, 0) is 9.53 Å². The van der Waals surface area contributed by atoms with Gasteiger partial charge in [0.15, 0.2) is 0 Å². The molecule has 0 aromatic heterocycles. The van der Waals surface area contributed by atoms with Crippen molar-refractivity contribution in [2.75, 3.05) is 33.2 Å². The Bertz CT molecular complexity index is 331. The van der Waals surface area contributed by atoms with Crippen molar-refractivity contribution in [3.05, 3.63) is 0 Å². The Morgan fingerprint density at radius 3 is 2.16 bits per heavy atom. The second-order valence-corrected chi connectivity index (χ2v) is 6.00. The minimum Gasteiger partial charge on any atom is -0.444 e. The molecule has 110 valence electrons. The van der Waals surface area contributed by atoms with Crippen LogP contribution in [-0.4, -0.2) is 66.7 Å². The smallest absolute Gasteiger partial charge is 0.408 e. The molecule has 2 amide bonds. The second kappa shape index (κ2) is 6.23. The van der Waals surface area contributed by atoms with Crippen molar-refractivity contribution in [3.63, 3.8) is 0 Å². The predicted octanol–water partition coefficient (Wildman–Crippen LogP) is 0.674. The maximum atomic E-state index is 12.1. The van der Waals surface area contributed by atoms with E-state index in [-0.39, 0.29) is 5.91 Å². The molecule has 1 saturated heterocycles. The van der Waals surface area contributed by atoms with Gasteiger partial charge in [-0.05, 0) is 34.7 Å². The summed E-state index contributed by atoms with van der Waals surface area (Å²) in [5, 5.41) is 2.58. The van der Waals surface area contributed by atoms with E-state index in [9.17, 15) is 9.59 Å². The monoisotopic (exact) mass is 271 g/mol. The Morgan fingerprint density at radius 1 is 1.16 bits per heavy atom. The SMILES string of the molecule is C[C@@H](NC(=O)OC(C)(C)C)C(=O)N1CCN(C)CC1. The van der Waals surface area contributed by atoms with Crippen molar-refractivity contribution in [2.45, 2.75) is 39.3 Å². The first-order valence-corrected chi connectivity index (χ1v) is 6.66. The van der Waals surface area contributed by atoms with Crippen molar-refractivity contribution in [1.82, 2.24) is 15.1 Å². The second-order valence-electron chi connectivity index (χ2n) is 6.00. The molecule has 0 bridgehead atoms. The lowest BCUT2D eigenvalue weighted by atomic mass is 10.2. The van der Waals surface area contributed by atoms with Gasteiger partial charge in [0, 0.05) is 26.2 Å². The number of carbonyl (C=O) groups excluding carboxylic acids is 2. The van der Waals surface area contributed by atoms with Crippen LogP contribution in [0.1, 0.15) is 27.7 Å². The Morgan fingerprint density at radius 2 is 1.68 bits per heavy atom. The molecule has 0 aromatic rings. The molecular formula is C13H25N3O3. The molecule has 6 nitrogen and oxygen atoms in total. The van der Waals surface area contributed by atoms with Crippen LogP contribution in [0.15, 0.2) is 0 Å². The normalized spacial score (nSPS) is 18.9. The van der Waals surface area contributed by atoms with Crippen molar-refractivity contribution in [1.29, 1.82) is 0 Å². The standard InChI is InChI=1S/C13H25N3O3/c1-10(14-12(18)19-13(2,3)4)11(17)16-8-6-15(5)7-9-16/h10H,6-9H2,1-5H3,(H,14,18)/t10-/m1/s1. The number of nitrogens with one attached hydrogen (secondary N) is 1. The van der Waals surface area contributed by atoms with Crippen LogP contribution in [0.25, 0.3) is 0 Å². The molecule has 6 heteroatoms.